The number of rotatable bonds is 4. The minimum Gasteiger partial charge on any atom is -0.481 e. The highest BCUT2D eigenvalue weighted by Crippen LogP contribution is 2.26. The monoisotopic (exact) mass is 263 g/mol. The molecule has 0 bridgehead atoms. The van der Waals surface area contributed by atoms with Gasteiger partial charge in [-0.1, -0.05) is 45.0 Å². The molecule has 1 atom stereocenters. The van der Waals surface area contributed by atoms with E-state index in [4.69, 9.17) is 16.6 Å². The van der Waals surface area contributed by atoms with Crippen molar-refractivity contribution in [3.63, 3.8) is 0 Å². The van der Waals surface area contributed by atoms with Crippen LogP contribution in [0.4, 0.5) is 0 Å². The molecule has 1 rings (SSSR count). The van der Waals surface area contributed by atoms with Gasteiger partial charge in [-0.2, -0.15) is 0 Å². The van der Waals surface area contributed by atoms with E-state index in [1.165, 1.54) is 5.56 Å². The van der Waals surface area contributed by atoms with Gasteiger partial charge in [0.05, 0.1) is 12.5 Å². The number of aliphatic imine (C=N–C) groups is 1. The summed E-state index contributed by atoms with van der Waals surface area (Å²) < 4.78 is 0. The van der Waals surface area contributed by atoms with Gasteiger partial charge in [0.2, 0.25) is 0 Å². The van der Waals surface area contributed by atoms with E-state index in [2.05, 4.69) is 25.8 Å². The van der Waals surface area contributed by atoms with E-state index >= 15 is 0 Å². The van der Waals surface area contributed by atoms with Gasteiger partial charge in [0.15, 0.2) is 5.96 Å². The Hall–Kier alpha value is -2.04. The van der Waals surface area contributed by atoms with E-state index < -0.39 is 12.0 Å². The first kappa shape index (κ1) is 15.0. The van der Waals surface area contributed by atoms with Gasteiger partial charge in [0, 0.05) is 0 Å². The summed E-state index contributed by atoms with van der Waals surface area (Å²) in [6, 6.07) is 7.16. The number of benzene rings is 1. The maximum absolute atomic E-state index is 10.8. The van der Waals surface area contributed by atoms with Crippen LogP contribution in [-0.4, -0.2) is 17.0 Å². The first-order valence-corrected chi connectivity index (χ1v) is 6.11. The van der Waals surface area contributed by atoms with Crippen LogP contribution < -0.4 is 11.5 Å². The van der Waals surface area contributed by atoms with E-state index in [0.717, 1.165) is 5.56 Å². The molecule has 0 aliphatic rings. The van der Waals surface area contributed by atoms with Gasteiger partial charge in [-0.05, 0) is 16.5 Å². The topological polar surface area (TPSA) is 102 Å². The minimum atomic E-state index is -0.935. The molecule has 0 spiro atoms. The lowest BCUT2D eigenvalue weighted by Crippen LogP contribution is -2.24. The van der Waals surface area contributed by atoms with Crippen molar-refractivity contribution in [2.45, 2.75) is 38.6 Å². The third-order valence-electron chi connectivity index (χ3n) is 2.83. The average molecular weight is 263 g/mol. The normalized spacial score (nSPS) is 12.8. The Balaban J connectivity index is 3.04. The largest absolute Gasteiger partial charge is 0.481 e. The third kappa shape index (κ3) is 4.62. The van der Waals surface area contributed by atoms with Crippen molar-refractivity contribution in [1.82, 2.24) is 0 Å². The van der Waals surface area contributed by atoms with Crippen molar-refractivity contribution in [1.29, 1.82) is 0 Å². The highest BCUT2D eigenvalue weighted by Gasteiger charge is 2.17. The summed E-state index contributed by atoms with van der Waals surface area (Å²) in [6.07, 6.45) is -0.132. The first-order valence-electron chi connectivity index (χ1n) is 6.11. The molecular weight excluding hydrogens is 242 g/mol. The number of aliphatic carboxylic acids is 1. The number of hydrogen-bond acceptors (Lipinski definition) is 2. The number of hydrogen-bond donors (Lipinski definition) is 3. The second kappa shape index (κ2) is 5.73. The standard InChI is InChI=1S/C14H21N3O2/c1-14(2,3)10-6-4-9(5-7-10)11(8-12(18)19)17-13(15)16/h4-7,11H,8H2,1-3H3,(H,18,19)(H4,15,16,17). The molecule has 0 aromatic heterocycles. The molecule has 0 amide bonds. The predicted molar refractivity (Wildman–Crippen MR) is 75.9 cm³/mol. The molecule has 0 fully saturated rings. The molecule has 0 saturated heterocycles. The van der Waals surface area contributed by atoms with Crippen molar-refractivity contribution in [2.75, 3.05) is 0 Å². The average Bonchev–Trinajstić information content (AvgIpc) is 2.26. The summed E-state index contributed by atoms with van der Waals surface area (Å²) in [5, 5.41) is 8.89. The molecule has 1 aromatic carbocycles. The van der Waals surface area contributed by atoms with Crippen LogP contribution >= 0.6 is 0 Å². The molecule has 0 saturated carbocycles. The van der Waals surface area contributed by atoms with Crippen LogP contribution in [0.2, 0.25) is 0 Å². The summed E-state index contributed by atoms with van der Waals surface area (Å²) in [5.41, 5.74) is 12.7. The van der Waals surface area contributed by atoms with Gasteiger partial charge < -0.3 is 16.6 Å². The Labute approximate surface area is 113 Å². The van der Waals surface area contributed by atoms with Crippen molar-refractivity contribution in [2.24, 2.45) is 16.5 Å². The maximum atomic E-state index is 10.8. The van der Waals surface area contributed by atoms with Crippen LogP contribution in [0.25, 0.3) is 0 Å². The fourth-order valence-electron chi connectivity index (χ4n) is 1.79. The zero-order valence-corrected chi connectivity index (χ0v) is 11.6. The molecule has 19 heavy (non-hydrogen) atoms. The number of carboxylic acids is 1. The number of carboxylic acid groups (broad SMARTS) is 1. The van der Waals surface area contributed by atoms with E-state index in [1.54, 1.807) is 0 Å². The summed E-state index contributed by atoms with van der Waals surface area (Å²) in [7, 11) is 0. The smallest absolute Gasteiger partial charge is 0.305 e. The zero-order chi connectivity index (χ0) is 14.6. The predicted octanol–water partition coefficient (Wildman–Crippen LogP) is 1.77. The van der Waals surface area contributed by atoms with Crippen LogP contribution in [-0.2, 0) is 10.2 Å². The molecule has 0 heterocycles. The Morgan fingerprint density at radius 3 is 2.16 bits per heavy atom. The van der Waals surface area contributed by atoms with Crippen LogP contribution in [0.3, 0.4) is 0 Å². The van der Waals surface area contributed by atoms with Crippen LogP contribution in [0.1, 0.15) is 44.4 Å². The lowest BCUT2D eigenvalue weighted by Gasteiger charge is -2.20. The van der Waals surface area contributed by atoms with Crippen molar-refractivity contribution >= 4 is 11.9 Å². The molecular formula is C14H21N3O2. The number of guanidine groups is 1. The molecule has 5 heteroatoms. The van der Waals surface area contributed by atoms with Gasteiger partial charge in [-0.3, -0.25) is 4.79 Å². The minimum absolute atomic E-state index is 0.0526. The SMILES string of the molecule is CC(C)(C)c1ccc(C(CC(=O)O)N=C(N)N)cc1. The van der Waals surface area contributed by atoms with E-state index in [-0.39, 0.29) is 17.8 Å². The Morgan fingerprint density at radius 1 is 1.26 bits per heavy atom. The zero-order valence-electron chi connectivity index (χ0n) is 11.6. The second-order valence-electron chi connectivity index (χ2n) is 5.54. The van der Waals surface area contributed by atoms with Crippen molar-refractivity contribution < 1.29 is 9.90 Å². The van der Waals surface area contributed by atoms with Gasteiger partial charge >= 0.3 is 5.97 Å². The summed E-state index contributed by atoms with van der Waals surface area (Å²) in [6.45, 7) is 6.35. The number of nitrogens with zero attached hydrogens (tertiary/aromatic N) is 1. The van der Waals surface area contributed by atoms with E-state index in [1.807, 2.05) is 24.3 Å². The Bertz CT molecular complexity index is 468. The second-order valence-corrected chi connectivity index (χ2v) is 5.54. The molecule has 1 aromatic rings. The Kier molecular flexibility index (Phi) is 4.53. The Morgan fingerprint density at radius 2 is 1.79 bits per heavy atom. The molecule has 104 valence electrons. The maximum Gasteiger partial charge on any atom is 0.305 e. The van der Waals surface area contributed by atoms with E-state index in [0.29, 0.717) is 0 Å². The molecule has 0 radical (unpaired) electrons. The van der Waals surface area contributed by atoms with Gasteiger partial charge in [-0.15, -0.1) is 0 Å². The fourth-order valence-corrected chi connectivity index (χ4v) is 1.79. The molecule has 1 unspecified atom stereocenters. The summed E-state index contributed by atoms with van der Waals surface area (Å²) in [4.78, 5) is 14.8. The van der Waals surface area contributed by atoms with Gasteiger partial charge in [0.25, 0.3) is 0 Å². The number of carbonyl (C=O) groups is 1. The first-order chi connectivity index (χ1) is 8.70. The van der Waals surface area contributed by atoms with Crippen molar-refractivity contribution in [3.8, 4) is 0 Å². The number of nitrogens with two attached hydrogens (primary N) is 2. The van der Waals surface area contributed by atoms with Crippen LogP contribution in [0, 0.1) is 0 Å². The molecule has 5 nitrogen and oxygen atoms in total. The highest BCUT2D eigenvalue weighted by atomic mass is 16.4. The van der Waals surface area contributed by atoms with E-state index in [9.17, 15) is 4.79 Å². The summed E-state index contributed by atoms with van der Waals surface area (Å²) >= 11 is 0. The van der Waals surface area contributed by atoms with Crippen molar-refractivity contribution in [3.05, 3.63) is 35.4 Å². The van der Waals surface area contributed by atoms with Crippen LogP contribution in [0.5, 0.6) is 0 Å². The van der Waals surface area contributed by atoms with Gasteiger partial charge in [-0.25, -0.2) is 4.99 Å². The van der Waals surface area contributed by atoms with Crippen LogP contribution in [0.15, 0.2) is 29.3 Å². The third-order valence-corrected chi connectivity index (χ3v) is 2.83. The fraction of sp³-hybridized carbons (Fsp3) is 0.429. The highest BCUT2D eigenvalue weighted by molar-refractivity contribution is 5.77. The van der Waals surface area contributed by atoms with Gasteiger partial charge in [0.1, 0.15) is 0 Å². The molecule has 0 aliphatic heterocycles. The summed E-state index contributed by atoms with van der Waals surface area (Å²) in [5.74, 6) is -1.04. The lowest BCUT2D eigenvalue weighted by atomic mass is 9.86. The molecule has 0 aliphatic carbocycles. The quantitative estimate of drug-likeness (QED) is 0.569. The lowest BCUT2D eigenvalue weighted by molar-refractivity contribution is -0.137. The molecule has 5 N–H and O–H groups in total.